The Labute approximate surface area is 107 Å². The Morgan fingerprint density at radius 3 is 2.39 bits per heavy atom. The smallest absolute Gasteiger partial charge is 0.341 e. The predicted molar refractivity (Wildman–Crippen MR) is 66.6 cm³/mol. The second kappa shape index (κ2) is 8.60. The van der Waals surface area contributed by atoms with Gasteiger partial charge >= 0.3 is 11.9 Å². The Kier molecular flexibility index (Phi) is 7.91. The third kappa shape index (κ3) is 6.98. The molecule has 0 fully saturated rings. The van der Waals surface area contributed by atoms with Gasteiger partial charge in [-0.05, 0) is 39.2 Å². The molecule has 2 N–H and O–H groups in total. The van der Waals surface area contributed by atoms with Crippen LogP contribution in [0.25, 0.3) is 0 Å². The van der Waals surface area contributed by atoms with Gasteiger partial charge in [-0.15, -0.1) is 0 Å². The van der Waals surface area contributed by atoms with Crippen molar-refractivity contribution in [1.29, 1.82) is 0 Å². The summed E-state index contributed by atoms with van der Waals surface area (Å²) in [6.07, 6.45) is 2.25. The van der Waals surface area contributed by atoms with Crippen molar-refractivity contribution in [3.63, 3.8) is 0 Å². The van der Waals surface area contributed by atoms with Crippen molar-refractivity contribution >= 4 is 11.9 Å². The van der Waals surface area contributed by atoms with Gasteiger partial charge in [-0.1, -0.05) is 6.58 Å². The summed E-state index contributed by atoms with van der Waals surface area (Å²) in [4.78, 5) is 22.5. The lowest BCUT2D eigenvalue weighted by Gasteiger charge is -2.07. The molecule has 18 heavy (non-hydrogen) atoms. The van der Waals surface area contributed by atoms with Crippen molar-refractivity contribution in [3.8, 4) is 0 Å². The number of aliphatic hydroxyl groups excluding tert-OH is 2. The molecule has 0 aromatic carbocycles. The third-order valence-corrected chi connectivity index (χ3v) is 2.21. The van der Waals surface area contributed by atoms with Crippen molar-refractivity contribution in [1.82, 2.24) is 0 Å². The van der Waals surface area contributed by atoms with Gasteiger partial charge in [0.05, 0.1) is 6.10 Å². The van der Waals surface area contributed by atoms with E-state index in [2.05, 4.69) is 11.3 Å². The minimum absolute atomic E-state index is 0.0740. The minimum Gasteiger partial charge on any atom is -0.396 e. The van der Waals surface area contributed by atoms with Crippen LogP contribution in [-0.4, -0.2) is 34.9 Å². The quantitative estimate of drug-likeness (QED) is 0.308. The lowest BCUT2D eigenvalue weighted by Crippen LogP contribution is -2.15. The van der Waals surface area contributed by atoms with Gasteiger partial charge in [0.25, 0.3) is 0 Å². The van der Waals surface area contributed by atoms with Crippen LogP contribution in [0.3, 0.4) is 0 Å². The van der Waals surface area contributed by atoms with Crippen molar-refractivity contribution in [3.05, 3.63) is 23.8 Å². The van der Waals surface area contributed by atoms with E-state index >= 15 is 0 Å². The fourth-order valence-corrected chi connectivity index (χ4v) is 1.16. The van der Waals surface area contributed by atoms with Crippen LogP contribution in [0.1, 0.15) is 33.1 Å². The summed E-state index contributed by atoms with van der Waals surface area (Å²) in [5.41, 5.74) is 0.306. The first-order valence-corrected chi connectivity index (χ1v) is 5.77. The summed E-state index contributed by atoms with van der Waals surface area (Å²) in [5, 5.41) is 18.2. The number of hydrogen-bond donors (Lipinski definition) is 2. The molecule has 1 atom stereocenters. The highest BCUT2D eigenvalue weighted by atomic mass is 16.6. The van der Waals surface area contributed by atoms with Gasteiger partial charge in [-0.3, -0.25) is 0 Å². The number of esters is 2. The Morgan fingerprint density at radius 2 is 1.89 bits per heavy atom. The van der Waals surface area contributed by atoms with Crippen LogP contribution in [0.5, 0.6) is 0 Å². The Morgan fingerprint density at radius 1 is 1.28 bits per heavy atom. The summed E-state index contributed by atoms with van der Waals surface area (Å²) < 4.78 is 4.50. The van der Waals surface area contributed by atoms with E-state index in [1.807, 2.05) is 0 Å². The molecule has 0 aliphatic rings. The molecule has 0 amide bonds. The van der Waals surface area contributed by atoms with E-state index in [1.165, 1.54) is 19.9 Å². The Hall–Kier alpha value is -1.46. The Balaban J connectivity index is 4.26. The maximum absolute atomic E-state index is 11.4. The molecule has 0 rings (SSSR count). The number of aliphatic hydroxyl groups is 2. The average molecular weight is 256 g/mol. The summed E-state index contributed by atoms with van der Waals surface area (Å²) >= 11 is 0. The molecule has 0 aliphatic heterocycles. The van der Waals surface area contributed by atoms with Crippen LogP contribution in [0, 0.1) is 0 Å². The van der Waals surface area contributed by atoms with Crippen molar-refractivity contribution < 1.29 is 24.5 Å². The van der Waals surface area contributed by atoms with E-state index < -0.39 is 18.0 Å². The van der Waals surface area contributed by atoms with E-state index in [0.717, 1.165) is 0 Å². The number of rotatable bonds is 7. The van der Waals surface area contributed by atoms with Gasteiger partial charge in [0.15, 0.2) is 0 Å². The lowest BCUT2D eigenvalue weighted by molar-refractivity contribution is -0.154. The molecule has 5 nitrogen and oxygen atoms in total. The van der Waals surface area contributed by atoms with E-state index in [-0.39, 0.29) is 17.8 Å². The summed E-state index contributed by atoms with van der Waals surface area (Å²) in [6.45, 7) is 6.34. The average Bonchev–Trinajstić information content (AvgIpc) is 2.28. The van der Waals surface area contributed by atoms with E-state index in [4.69, 9.17) is 5.11 Å². The van der Waals surface area contributed by atoms with E-state index in [9.17, 15) is 14.7 Å². The molecule has 5 heteroatoms. The molecule has 0 spiro atoms. The van der Waals surface area contributed by atoms with Crippen LogP contribution < -0.4 is 0 Å². The maximum atomic E-state index is 11.4. The van der Waals surface area contributed by atoms with Gasteiger partial charge in [0.1, 0.15) is 0 Å². The fourth-order valence-electron chi connectivity index (χ4n) is 1.16. The maximum Gasteiger partial charge on any atom is 0.341 e. The highest BCUT2D eigenvalue weighted by Gasteiger charge is 2.13. The van der Waals surface area contributed by atoms with Crippen LogP contribution in [0.4, 0.5) is 0 Å². The zero-order valence-corrected chi connectivity index (χ0v) is 10.8. The molecule has 0 radical (unpaired) electrons. The first kappa shape index (κ1) is 16.5. The normalized spacial score (nSPS) is 13.0. The number of carbonyl (C=O) groups is 2. The van der Waals surface area contributed by atoms with Crippen LogP contribution in [-0.2, 0) is 14.3 Å². The number of hydrogen-bond acceptors (Lipinski definition) is 5. The highest BCUT2D eigenvalue weighted by molar-refractivity contribution is 6.01. The van der Waals surface area contributed by atoms with Crippen LogP contribution in [0.15, 0.2) is 23.8 Å². The van der Waals surface area contributed by atoms with Crippen LogP contribution >= 0.6 is 0 Å². The third-order valence-electron chi connectivity index (χ3n) is 2.21. The zero-order valence-electron chi connectivity index (χ0n) is 10.8. The first-order valence-electron chi connectivity index (χ1n) is 5.77. The monoisotopic (exact) mass is 256 g/mol. The van der Waals surface area contributed by atoms with Crippen molar-refractivity contribution in [2.45, 2.75) is 39.2 Å². The molecule has 0 bridgehead atoms. The van der Waals surface area contributed by atoms with Gasteiger partial charge in [-0.2, -0.15) is 0 Å². The first-order chi connectivity index (χ1) is 8.38. The topological polar surface area (TPSA) is 83.8 Å². The van der Waals surface area contributed by atoms with Crippen molar-refractivity contribution in [2.24, 2.45) is 0 Å². The molecule has 0 aromatic rings. The fraction of sp³-hybridized carbons (Fsp3) is 0.538. The van der Waals surface area contributed by atoms with Gasteiger partial charge in [0, 0.05) is 17.8 Å². The predicted octanol–water partition coefficient (Wildman–Crippen LogP) is 1.10. The number of ether oxygens (including phenoxy) is 1. The second-order valence-corrected chi connectivity index (χ2v) is 4.09. The van der Waals surface area contributed by atoms with Gasteiger partial charge in [-0.25, -0.2) is 9.59 Å². The molecule has 1 unspecified atom stereocenters. The molecule has 0 saturated heterocycles. The van der Waals surface area contributed by atoms with Crippen molar-refractivity contribution in [2.75, 3.05) is 6.61 Å². The van der Waals surface area contributed by atoms with Gasteiger partial charge < -0.3 is 14.9 Å². The molecule has 0 aliphatic carbocycles. The second-order valence-electron chi connectivity index (χ2n) is 4.09. The molecule has 0 aromatic heterocycles. The number of unbranched alkanes of at least 4 members (excludes halogenated alkanes) is 1. The van der Waals surface area contributed by atoms with E-state index in [0.29, 0.717) is 19.3 Å². The molecular formula is C13H20O5. The summed E-state index contributed by atoms with van der Waals surface area (Å²) in [6, 6.07) is 0. The SMILES string of the molecule is C=C(C)C(=O)OC(=O)C(C)=CC(O)CCCCO. The summed E-state index contributed by atoms with van der Waals surface area (Å²) in [7, 11) is 0. The molecule has 0 saturated carbocycles. The molecular weight excluding hydrogens is 236 g/mol. The zero-order chi connectivity index (χ0) is 14.1. The van der Waals surface area contributed by atoms with Crippen LogP contribution in [0.2, 0.25) is 0 Å². The number of carbonyl (C=O) groups excluding carboxylic acids is 2. The highest BCUT2D eigenvalue weighted by Crippen LogP contribution is 2.07. The minimum atomic E-state index is -0.788. The Bertz CT molecular complexity index is 343. The largest absolute Gasteiger partial charge is 0.396 e. The standard InChI is InChI=1S/C13H20O5/c1-9(2)12(16)18-13(17)10(3)8-11(15)6-4-5-7-14/h8,11,14-15H,1,4-7H2,2-3H3. The summed E-state index contributed by atoms with van der Waals surface area (Å²) in [5.74, 6) is -1.56. The van der Waals surface area contributed by atoms with Gasteiger partial charge in [0.2, 0.25) is 0 Å². The lowest BCUT2D eigenvalue weighted by atomic mass is 10.1. The molecule has 102 valence electrons. The van der Waals surface area contributed by atoms with E-state index in [1.54, 1.807) is 0 Å². The molecule has 0 heterocycles.